The minimum atomic E-state index is -0.0864. The molecule has 0 aliphatic carbocycles. The number of fused-ring (bicyclic) bond motifs is 3. The molecular formula is C17H18N6O. The Balaban J connectivity index is 1.76. The molecule has 1 aliphatic heterocycles. The van der Waals surface area contributed by atoms with Crippen LogP contribution < -0.4 is 0 Å². The quantitative estimate of drug-likeness (QED) is 0.782. The third kappa shape index (κ3) is 2.22. The molecule has 0 radical (unpaired) electrons. The van der Waals surface area contributed by atoms with Gasteiger partial charge in [-0.15, -0.1) is 0 Å². The van der Waals surface area contributed by atoms with Crippen LogP contribution >= 0.6 is 0 Å². The van der Waals surface area contributed by atoms with Crippen LogP contribution in [-0.2, 0) is 4.79 Å². The Labute approximate surface area is 138 Å². The molecule has 1 aliphatic rings. The van der Waals surface area contributed by atoms with Crippen molar-refractivity contribution in [1.82, 2.24) is 24.3 Å². The molecule has 0 saturated carbocycles. The number of piperidine rings is 1. The summed E-state index contributed by atoms with van der Waals surface area (Å²) in [4.78, 5) is 25.9. The number of imidazole rings is 1. The van der Waals surface area contributed by atoms with Crippen molar-refractivity contribution in [2.75, 3.05) is 13.1 Å². The van der Waals surface area contributed by atoms with Crippen LogP contribution in [0.5, 0.6) is 0 Å². The van der Waals surface area contributed by atoms with Gasteiger partial charge in [-0.2, -0.15) is 5.26 Å². The van der Waals surface area contributed by atoms with Gasteiger partial charge in [-0.05, 0) is 18.4 Å². The molecule has 7 nitrogen and oxygen atoms in total. The smallest absolute Gasteiger partial charge is 0.236 e. The highest BCUT2D eigenvalue weighted by Crippen LogP contribution is 2.33. The fourth-order valence-corrected chi connectivity index (χ4v) is 3.61. The third-order valence-corrected chi connectivity index (χ3v) is 4.99. The van der Waals surface area contributed by atoms with Crippen molar-refractivity contribution in [3.8, 4) is 6.07 Å². The van der Waals surface area contributed by atoms with Crippen LogP contribution in [0.25, 0.3) is 16.8 Å². The third-order valence-electron chi connectivity index (χ3n) is 4.99. The zero-order valence-corrected chi connectivity index (χ0v) is 13.4. The number of aromatic nitrogens is 4. The number of carbonyl (C=O) groups is 1. The molecule has 0 bridgehead atoms. The van der Waals surface area contributed by atoms with E-state index in [1.165, 1.54) is 0 Å². The van der Waals surface area contributed by atoms with E-state index < -0.39 is 0 Å². The number of nitrogens with one attached hydrogen (secondary N) is 1. The molecule has 1 amide bonds. The van der Waals surface area contributed by atoms with E-state index in [1.807, 2.05) is 29.4 Å². The van der Waals surface area contributed by atoms with Crippen LogP contribution in [0, 0.1) is 17.2 Å². The highest BCUT2D eigenvalue weighted by molar-refractivity contribution is 5.78. The molecule has 2 atom stereocenters. The van der Waals surface area contributed by atoms with Gasteiger partial charge >= 0.3 is 0 Å². The zero-order valence-electron chi connectivity index (χ0n) is 13.4. The molecular weight excluding hydrogens is 304 g/mol. The molecule has 0 unspecified atom stereocenters. The van der Waals surface area contributed by atoms with E-state index in [4.69, 9.17) is 5.26 Å². The number of hydrogen-bond acceptors (Lipinski definition) is 4. The van der Waals surface area contributed by atoms with Crippen LogP contribution in [0.3, 0.4) is 0 Å². The van der Waals surface area contributed by atoms with Crippen molar-refractivity contribution in [1.29, 1.82) is 5.26 Å². The predicted octanol–water partition coefficient (Wildman–Crippen LogP) is 2.08. The van der Waals surface area contributed by atoms with E-state index in [2.05, 4.69) is 26.3 Å². The number of nitrogens with zero attached hydrogens (tertiary/aromatic N) is 5. The largest absolute Gasteiger partial charge is 0.345 e. The number of amides is 1. The highest BCUT2D eigenvalue weighted by Gasteiger charge is 2.32. The van der Waals surface area contributed by atoms with Crippen molar-refractivity contribution >= 4 is 22.7 Å². The lowest BCUT2D eigenvalue weighted by Gasteiger charge is -2.36. The van der Waals surface area contributed by atoms with Gasteiger partial charge in [0.05, 0.1) is 17.8 Å². The summed E-state index contributed by atoms with van der Waals surface area (Å²) < 4.78 is 2.12. The molecule has 3 aromatic heterocycles. The summed E-state index contributed by atoms with van der Waals surface area (Å²) in [5, 5.41) is 8.78. The summed E-state index contributed by atoms with van der Waals surface area (Å²) in [5.74, 6) is 0.548. The standard InChI is InChI=1S/C17H18N6O/c1-11-4-7-22(16(24)2-5-18)10-12(11)14-8-20-15-9-21-17-13(23(14)15)3-6-19-17/h3,6,8-9,11-12,19H,2,4,7,10H2,1H3/t11-,12+/m0/s1. The molecule has 0 aromatic carbocycles. The van der Waals surface area contributed by atoms with Crippen LogP contribution in [0.15, 0.2) is 24.7 Å². The van der Waals surface area contributed by atoms with E-state index in [1.54, 1.807) is 6.20 Å². The number of H-pyrrole nitrogens is 1. The number of carbonyl (C=O) groups excluding carboxylic acids is 1. The van der Waals surface area contributed by atoms with Crippen molar-refractivity contribution in [2.45, 2.75) is 25.7 Å². The lowest BCUT2D eigenvalue weighted by Crippen LogP contribution is -2.42. The topological polar surface area (TPSA) is 90.1 Å². The normalized spacial score (nSPS) is 21.2. The summed E-state index contributed by atoms with van der Waals surface area (Å²) in [6.07, 6.45) is 6.39. The van der Waals surface area contributed by atoms with Gasteiger partial charge in [0.15, 0.2) is 11.3 Å². The van der Waals surface area contributed by atoms with E-state index in [-0.39, 0.29) is 18.2 Å². The molecule has 24 heavy (non-hydrogen) atoms. The van der Waals surface area contributed by atoms with Crippen LogP contribution in [0.1, 0.15) is 31.4 Å². The molecule has 1 saturated heterocycles. The summed E-state index contributed by atoms with van der Waals surface area (Å²) in [6, 6.07) is 3.95. The van der Waals surface area contributed by atoms with E-state index >= 15 is 0 Å². The second kappa shape index (κ2) is 5.64. The molecule has 0 spiro atoms. The van der Waals surface area contributed by atoms with Crippen LogP contribution in [0.2, 0.25) is 0 Å². The number of rotatable bonds is 2. The Bertz CT molecular complexity index is 949. The molecule has 4 heterocycles. The number of hydrogen-bond donors (Lipinski definition) is 1. The minimum Gasteiger partial charge on any atom is -0.345 e. The molecule has 3 aromatic rings. The first-order valence-corrected chi connectivity index (χ1v) is 8.13. The number of likely N-dealkylation sites (tertiary alicyclic amines) is 1. The van der Waals surface area contributed by atoms with Crippen molar-refractivity contribution < 1.29 is 4.79 Å². The second-order valence-electron chi connectivity index (χ2n) is 6.39. The molecule has 4 rings (SSSR count). The molecule has 1 N–H and O–H groups in total. The zero-order chi connectivity index (χ0) is 16.7. The maximum Gasteiger partial charge on any atom is 0.236 e. The lowest BCUT2D eigenvalue weighted by atomic mass is 9.84. The maximum atomic E-state index is 12.1. The monoisotopic (exact) mass is 322 g/mol. The summed E-state index contributed by atoms with van der Waals surface area (Å²) in [7, 11) is 0. The fourth-order valence-electron chi connectivity index (χ4n) is 3.61. The first-order valence-electron chi connectivity index (χ1n) is 8.13. The van der Waals surface area contributed by atoms with Crippen molar-refractivity contribution in [3.05, 3.63) is 30.4 Å². The number of aromatic amines is 1. The average molecular weight is 322 g/mol. The van der Waals surface area contributed by atoms with E-state index in [9.17, 15) is 4.79 Å². The first kappa shape index (κ1) is 14.7. The van der Waals surface area contributed by atoms with Gasteiger partial charge in [0.25, 0.3) is 0 Å². The van der Waals surface area contributed by atoms with Crippen LogP contribution in [0.4, 0.5) is 0 Å². The molecule has 1 fully saturated rings. The molecule has 122 valence electrons. The summed E-state index contributed by atoms with van der Waals surface area (Å²) >= 11 is 0. The lowest BCUT2D eigenvalue weighted by molar-refractivity contribution is -0.131. The van der Waals surface area contributed by atoms with Gasteiger partial charge in [-0.3, -0.25) is 9.20 Å². The van der Waals surface area contributed by atoms with Gasteiger partial charge in [-0.25, -0.2) is 9.97 Å². The minimum absolute atomic E-state index is 0.0553. The second-order valence-corrected chi connectivity index (χ2v) is 6.39. The molecule has 7 heteroatoms. The highest BCUT2D eigenvalue weighted by atomic mass is 16.2. The van der Waals surface area contributed by atoms with Gasteiger partial charge < -0.3 is 9.88 Å². The predicted molar refractivity (Wildman–Crippen MR) is 88.2 cm³/mol. The van der Waals surface area contributed by atoms with Crippen molar-refractivity contribution in [3.63, 3.8) is 0 Å². The van der Waals surface area contributed by atoms with Gasteiger partial charge in [0, 0.05) is 37.1 Å². The van der Waals surface area contributed by atoms with Gasteiger partial charge in [0.2, 0.25) is 5.91 Å². The Hall–Kier alpha value is -2.88. The Morgan fingerprint density at radius 1 is 1.46 bits per heavy atom. The summed E-state index contributed by atoms with van der Waals surface area (Å²) in [6.45, 7) is 3.56. The summed E-state index contributed by atoms with van der Waals surface area (Å²) in [5.41, 5.74) is 3.72. The van der Waals surface area contributed by atoms with Crippen LogP contribution in [-0.4, -0.2) is 43.2 Å². The van der Waals surface area contributed by atoms with Gasteiger partial charge in [0.1, 0.15) is 6.42 Å². The maximum absolute atomic E-state index is 12.1. The Kier molecular flexibility index (Phi) is 3.45. The fraction of sp³-hybridized carbons (Fsp3) is 0.412. The Morgan fingerprint density at radius 2 is 2.33 bits per heavy atom. The Morgan fingerprint density at radius 3 is 3.17 bits per heavy atom. The number of nitriles is 1. The SMILES string of the molecule is C[C@H]1CCN(C(=O)CC#N)C[C@H]1c1cnc2cnc3[nH]ccc3n12. The van der Waals surface area contributed by atoms with E-state index in [0.29, 0.717) is 12.5 Å². The average Bonchev–Trinajstić information content (AvgIpc) is 3.21. The first-order chi connectivity index (χ1) is 11.7. The van der Waals surface area contributed by atoms with Crippen molar-refractivity contribution in [2.24, 2.45) is 5.92 Å². The van der Waals surface area contributed by atoms with Gasteiger partial charge in [-0.1, -0.05) is 6.92 Å². The van der Waals surface area contributed by atoms with E-state index in [0.717, 1.165) is 35.5 Å².